The number of amides is 1. The summed E-state index contributed by atoms with van der Waals surface area (Å²) in [5, 5.41) is 21.2. The molecule has 2 N–H and O–H groups in total. The van der Waals surface area contributed by atoms with Crippen molar-refractivity contribution in [2.24, 2.45) is 11.8 Å². The number of benzene rings is 1. The molecule has 24 heavy (non-hydrogen) atoms. The van der Waals surface area contributed by atoms with Crippen LogP contribution in [-0.4, -0.2) is 17.6 Å². The molecule has 1 aromatic carbocycles. The van der Waals surface area contributed by atoms with E-state index in [1.807, 2.05) is 24.3 Å². The molecule has 0 heterocycles. The van der Waals surface area contributed by atoms with Crippen molar-refractivity contribution in [3.8, 4) is 11.8 Å². The van der Waals surface area contributed by atoms with Gasteiger partial charge in [-0.25, -0.2) is 0 Å². The summed E-state index contributed by atoms with van der Waals surface area (Å²) in [4.78, 5) is 12.6. The molecule has 0 bridgehead atoms. The number of nitrogens with one attached hydrogen (secondary N) is 1. The van der Waals surface area contributed by atoms with E-state index in [9.17, 15) is 9.90 Å². The third kappa shape index (κ3) is 4.48. The van der Waals surface area contributed by atoms with E-state index < -0.39 is 0 Å². The minimum absolute atomic E-state index is 0.0197. The third-order valence-corrected chi connectivity index (χ3v) is 4.14. The highest BCUT2D eigenvalue weighted by molar-refractivity contribution is 5.87. The first-order valence-electron chi connectivity index (χ1n) is 8.36. The fourth-order valence-electron chi connectivity index (χ4n) is 3.11. The normalized spacial score (nSPS) is 15.2. The highest BCUT2D eigenvalue weighted by atomic mass is 16.3. The lowest BCUT2D eigenvalue weighted by molar-refractivity contribution is -0.124. The molecule has 0 aromatic heterocycles. The van der Waals surface area contributed by atoms with Gasteiger partial charge < -0.3 is 10.4 Å². The molecule has 126 valence electrons. The summed E-state index contributed by atoms with van der Waals surface area (Å²) in [6.07, 6.45) is 6.60. The van der Waals surface area contributed by atoms with Gasteiger partial charge >= 0.3 is 0 Å². The number of allylic oxidation sites excluding steroid dienone is 3. The Labute approximate surface area is 143 Å². The smallest absolute Gasteiger partial charge is 0.228 e. The lowest BCUT2D eigenvalue weighted by Crippen LogP contribution is -2.33. The number of nitriles is 1. The van der Waals surface area contributed by atoms with Crippen LogP contribution in [-0.2, 0) is 4.79 Å². The molecule has 0 saturated heterocycles. The number of carbonyl (C=O) groups excluding carboxylic acids is 1. The maximum absolute atomic E-state index is 12.6. The predicted octanol–water partition coefficient (Wildman–Crippen LogP) is 3.80. The maximum Gasteiger partial charge on any atom is 0.228 e. The lowest BCUT2D eigenvalue weighted by atomic mass is 9.81. The molecule has 0 radical (unpaired) electrons. The molecule has 0 spiro atoms. The van der Waals surface area contributed by atoms with Crippen molar-refractivity contribution < 1.29 is 9.90 Å². The van der Waals surface area contributed by atoms with Crippen LogP contribution in [0.1, 0.15) is 38.7 Å². The number of rotatable bonds is 6. The summed E-state index contributed by atoms with van der Waals surface area (Å²) in [7, 11) is 0. The first-order chi connectivity index (χ1) is 11.5. The molecular weight excluding hydrogens is 300 g/mol. The number of nitrogens with zero attached hydrogens (tertiary/aromatic N) is 1. The van der Waals surface area contributed by atoms with E-state index >= 15 is 0 Å². The molecular formula is C20H24N2O2. The Kier molecular flexibility index (Phi) is 6.20. The molecule has 0 fully saturated rings. The molecule has 0 aliphatic heterocycles. The van der Waals surface area contributed by atoms with Gasteiger partial charge in [-0.15, -0.1) is 0 Å². The SMILES string of the molecule is CC(C)CC(C(=O)NCC#N)C1=C(c2cccc(O)c2)CCC=C1. The maximum atomic E-state index is 12.6. The molecule has 4 nitrogen and oxygen atoms in total. The van der Waals surface area contributed by atoms with Crippen LogP contribution in [0.4, 0.5) is 0 Å². The Morgan fingerprint density at radius 3 is 2.88 bits per heavy atom. The Morgan fingerprint density at radius 2 is 2.21 bits per heavy atom. The number of hydrogen-bond donors (Lipinski definition) is 2. The van der Waals surface area contributed by atoms with E-state index in [-0.39, 0.29) is 24.1 Å². The van der Waals surface area contributed by atoms with Gasteiger partial charge in [-0.05, 0) is 54.0 Å². The average Bonchev–Trinajstić information content (AvgIpc) is 2.57. The Balaban J connectivity index is 2.44. The lowest BCUT2D eigenvalue weighted by Gasteiger charge is -2.25. The van der Waals surface area contributed by atoms with Crippen molar-refractivity contribution >= 4 is 11.5 Å². The quantitative estimate of drug-likeness (QED) is 0.782. The molecule has 1 atom stereocenters. The van der Waals surface area contributed by atoms with Gasteiger partial charge in [0.1, 0.15) is 12.3 Å². The van der Waals surface area contributed by atoms with Crippen LogP contribution < -0.4 is 5.32 Å². The van der Waals surface area contributed by atoms with Crippen molar-refractivity contribution in [1.29, 1.82) is 5.26 Å². The number of phenols is 1. The molecule has 0 saturated carbocycles. The highest BCUT2D eigenvalue weighted by Gasteiger charge is 2.26. The zero-order valence-corrected chi connectivity index (χ0v) is 14.2. The van der Waals surface area contributed by atoms with Gasteiger partial charge in [0.15, 0.2) is 0 Å². The summed E-state index contributed by atoms with van der Waals surface area (Å²) in [6, 6.07) is 9.14. The largest absolute Gasteiger partial charge is 0.508 e. The first-order valence-corrected chi connectivity index (χ1v) is 8.36. The highest BCUT2D eigenvalue weighted by Crippen LogP contribution is 2.36. The number of phenolic OH excluding ortho intramolecular Hbond substituents is 1. The summed E-state index contributed by atoms with van der Waals surface area (Å²) < 4.78 is 0. The second-order valence-electron chi connectivity index (χ2n) is 6.48. The second kappa shape index (κ2) is 8.35. The fourth-order valence-corrected chi connectivity index (χ4v) is 3.11. The Hall–Kier alpha value is -2.54. The van der Waals surface area contributed by atoms with Crippen LogP contribution in [0, 0.1) is 23.2 Å². The van der Waals surface area contributed by atoms with Crippen molar-refractivity contribution in [2.45, 2.75) is 33.1 Å². The number of carbonyl (C=O) groups is 1. The van der Waals surface area contributed by atoms with Crippen molar-refractivity contribution in [2.75, 3.05) is 6.54 Å². The molecule has 2 rings (SSSR count). The van der Waals surface area contributed by atoms with Crippen molar-refractivity contribution in [3.63, 3.8) is 0 Å². The minimum Gasteiger partial charge on any atom is -0.508 e. The van der Waals surface area contributed by atoms with Crippen LogP contribution in [0.2, 0.25) is 0 Å². The topological polar surface area (TPSA) is 73.1 Å². The minimum atomic E-state index is -0.285. The van der Waals surface area contributed by atoms with Crippen LogP contribution >= 0.6 is 0 Å². The van der Waals surface area contributed by atoms with Gasteiger partial charge in [-0.3, -0.25) is 4.79 Å². The molecule has 1 amide bonds. The molecule has 1 aliphatic carbocycles. The molecule has 1 unspecified atom stereocenters. The molecule has 4 heteroatoms. The predicted molar refractivity (Wildman–Crippen MR) is 95.0 cm³/mol. The van der Waals surface area contributed by atoms with Gasteiger partial charge in [-0.2, -0.15) is 5.26 Å². The Bertz CT molecular complexity index is 696. The van der Waals surface area contributed by atoms with E-state index in [0.717, 1.165) is 36.0 Å². The monoisotopic (exact) mass is 324 g/mol. The van der Waals surface area contributed by atoms with E-state index in [1.165, 1.54) is 0 Å². The van der Waals surface area contributed by atoms with E-state index in [1.54, 1.807) is 12.1 Å². The first kappa shape index (κ1) is 17.8. The van der Waals surface area contributed by atoms with E-state index in [4.69, 9.17) is 5.26 Å². The summed E-state index contributed by atoms with van der Waals surface area (Å²) in [6.45, 7) is 4.20. The summed E-state index contributed by atoms with van der Waals surface area (Å²) in [5.74, 6) is 0.191. The average molecular weight is 324 g/mol. The van der Waals surface area contributed by atoms with Crippen LogP contribution in [0.5, 0.6) is 5.75 Å². The number of aromatic hydroxyl groups is 1. The van der Waals surface area contributed by atoms with Crippen LogP contribution in [0.3, 0.4) is 0 Å². The molecule has 1 aromatic rings. The third-order valence-electron chi connectivity index (χ3n) is 4.14. The fraction of sp³-hybridized carbons (Fsp3) is 0.400. The van der Waals surface area contributed by atoms with Crippen LogP contribution in [0.15, 0.2) is 42.0 Å². The molecule has 1 aliphatic rings. The summed E-state index contributed by atoms with van der Waals surface area (Å²) >= 11 is 0. The zero-order valence-electron chi connectivity index (χ0n) is 14.2. The van der Waals surface area contributed by atoms with Gasteiger partial charge in [0.25, 0.3) is 0 Å². The van der Waals surface area contributed by atoms with E-state index in [0.29, 0.717) is 5.92 Å². The second-order valence-corrected chi connectivity index (χ2v) is 6.48. The van der Waals surface area contributed by atoms with E-state index in [2.05, 4.69) is 25.2 Å². The summed E-state index contributed by atoms with van der Waals surface area (Å²) in [5.41, 5.74) is 3.05. The van der Waals surface area contributed by atoms with Crippen molar-refractivity contribution in [1.82, 2.24) is 5.32 Å². The van der Waals surface area contributed by atoms with Gasteiger partial charge in [0, 0.05) is 0 Å². The van der Waals surface area contributed by atoms with Gasteiger partial charge in [-0.1, -0.05) is 38.1 Å². The number of hydrogen-bond acceptors (Lipinski definition) is 3. The van der Waals surface area contributed by atoms with Crippen molar-refractivity contribution in [3.05, 3.63) is 47.6 Å². The van der Waals surface area contributed by atoms with Crippen LogP contribution in [0.25, 0.3) is 5.57 Å². The zero-order chi connectivity index (χ0) is 17.5. The van der Waals surface area contributed by atoms with Gasteiger partial charge in [0.05, 0.1) is 12.0 Å². The Morgan fingerprint density at radius 1 is 1.42 bits per heavy atom. The van der Waals surface area contributed by atoms with Gasteiger partial charge in [0.2, 0.25) is 5.91 Å². The standard InChI is InChI=1S/C20H24N2O2/c1-14(2)12-19(20(24)22-11-10-21)18-9-4-3-8-17(18)15-6-5-7-16(23)13-15/h4-7,9,13-14,19,23H,3,8,11-12H2,1-2H3,(H,22,24).